The molecule has 0 heterocycles. The van der Waals surface area contributed by atoms with Crippen LogP contribution in [0.3, 0.4) is 0 Å². The van der Waals surface area contributed by atoms with Crippen molar-refractivity contribution in [3.05, 3.63) is 144 Å². The summed E-state index contributed by atoms with van der Waals surface area (Å²) in [4.78, 5) is 60.3. The van der Waals surface area contributed by atoms with E-state index in [0.29, 0.717) is 5.56 Å². The summed E-state index contributed by atoms with van der Waals surface area (Å²) < 4.78 is 21.3. The Labute approximate surface area is 282 Å². The molecule has 11 heteroatoms. The van der Waals surface area contributed by atoms with E-state index in [-0.39, 0.29) is 50.8 Å². The fourth-order valence-electron chi connectivity index (χ4n) is 4.12. The van der Waals surface area contributed by atoms with Gasteiger partial charge in [-0.05, 0) is 111 Å². The predicted octanol–water partition coefficient (Wildman–Crippen LogP) is 6.14. The van der Waals surface area contributed by atoms with Crippen molar-refractivity contribution in [3.8, 4) is 23.0 Å². The minimum atomic E-state index is -1.73. The Kier molecular flexibility index (Phi) is 12.6. The van der Waals surface area contributed by atoms with Gasteiger partial charge in [-0.3, -0.25) is 14.4 Å². The molecule has 49 heavy (non-hydrogen) atoms. The summed E-state index contributed by atoms with van der Waals surface area (Å²) in [7, 11) is 2.69. The first-order valence-corrected chi connectivity index (χ1v) is 14.5. The van der Waals surface area contributed by atoms with Gasteiger partial charge in [-0.2, -0.15) is 0 Å². The zero-order valence-corrected chi connectivity index (χ0v) is 27.2. The quantitative estimate of drug-likeness (QED) is 0.0446. The van der Waals surface area contributed by atoms with Gasteiger partial charge in [0.25, 0.3) is 5.79 Å². The molecule has 0 unspecified atom stereocenters. The molecule has 0 radical (unpaired) electrons. The highest BCUT2D eigenvalue weighted by molar-refractivity contribution is 6.49. The highest BCUT2D eigenvalue weighted by Crippen LogP contribution is 2.32. The van der Waals surface area contributed by atoms with Crippen molar-refractivity contribution in [1.29, 1.82) is 0 Å². The number of benzene rings is 4. The third-order valence-corrected chi connectivity index (χ3v) is 6.81. The number of rotatable bonds is 12. The third-order valence-electron chi connectivity index (χ3n) is 6.81. The van der Waals surface area contributed by atoms with E-state index in [4.69, 9.17) is 29.2 Å². The van der Waals surface area contributed by atoms with Crippen LogP contribution in [-0.2, 0) is 24.8 Å². The smallest absolute Gasteiger partial charge is 0.338 e. The lowest BCUT2D eigenvalue weighted by atomic mass is 9.95. The number of aromatic hydroxyl groups is 2. The first-order valence-electron chi connectivity index (χ1n) is 14.5. The van der Waals surface area contributed by atoms with Crippen molar-refractivity contribution < 1.29 is 53.1 Å². The molecule has 4 aromatic rings. The number of esters is 2. The van der Waals surface area contributed by atoms with Gasteiger partial charge in [0, 0.05) is 47.6 Å². The maximum absolute atomic E-state index is 13.3. The Bertz CT molecular complexity index is 1790. The van der Waals surface area contributed by atoms with E-state index < -0.39 is 35.1 Å². The van der Waals surface area contributed by atoms with Crippen LogP contribution in [0.15, 0.2) is 121 Å². The highest BCUT2D eigenvalue weighted by Gasteiger charge is 2.41. The Morgan fingerprint density at radius 3 is 1.18 bits per heavy atom. The van der Waals surface area contributed by atoms with Crippen molar-refractivity contribution in [2.45, 2.75) is 19.6 Å². The average molecular weight is 667 g/mol. The number of Topliss-reactive ketones (excluding diaryl/α,β-unsaturated/α-hetero) is 3. The second-order valence-corrected chi connectivity index (χ2v) is 10.5. The molecule has 252 valence electrons. The van der Waals surface area contributed by atoms with Gasteiger partial charge in [-0.1, -0.05) is 13.2 Å². The summed E-state index contributed by atoms with van der Waals surface area (Å²) in [5, 5.41) is 18.2. The number of carbonyl (C=O) groups is 5. The minimum Gasteiger partial charge on any atom is -0.508 e. The van der Waals surface area contributed by atoms with Crippen molar-refractivity contribution in [2.75, 3.05) is 14.2 Å². The van der Waals surface area contributed by atoms with Crippen LogP contribution in [0.2, 0.25) is 0 Å². The summed E-state index contributed by atoms with van der Waals surface area (Å²) in [5.74, 6) is -4.00. The SMILES string of the molecule is C=C(C)C(=O)Oc1ccc(C(=O)C(OC)(OC)c2ccc(OC(=O)C(=C)C)cc2)cc1.O=C(C(=O)c1ccc(O)cc1)c1ccc(O)cc1. The zero-order valence-electron chi connectivity index (χ0n) is 27.2. The lowest BCUT2D eigenvalue weighted by Gasteiger charge is -2.29. The molecule has 0 fully saturated rings. The van der Waals surface area contributed by atoms with Gasteiger partial charge in [-0.25, -0.2) is 9.59 Å². The average Bonchev–Trinajstić information content (AvgIpc) is 3.10. The van der Waals surface area contributed by atoms with Crippen LogP contribution in [0.4, 0.5) is 0 Å². The van der Waals surface area contributed by atoms with Crippen LogP contribution in [0.1, 0.15) is 50.5 Å². The predicted molar refractivity (Wildman–Crippen MR) is 179 cm³/mol. The molecule has 0 amide bonds. The van der Waals surface area contributed by atoms with Crippen LogP contribution in [0, 0.1) is 0 Å². The van der Waals surface area contributed by atoms with E-state index in [1.807, 2.05) is 0 Å². The summed E-state index contributed by atoms with van der Waals surface area (Å²) in [5.41, 5.74) is 1.62. The molecule has 2 N–H and O–H groups in total. The molecule has 0 aliphatic heterocycles. The molecular formula is C38H34O11. The number of methoxy groups -OCH3 is 2. The summed E-state index contributed by atoms with van der Waals surface area (Å²) in [6.07, 6.45) is 0. The molecule has 0 atom stereocenters. The second-order valence-electron chi connectivity index (χ2n) is 10.5. The molecule has 0 aromatic heterocycles. The van der Waals surface area contributed by atoms with Crippen molar-refractivity contribution >= 4 is 29.3 Å². The maximum Gasteiger partial charge on any atom is 0.338 e. The minimum absolute atomic E-state index is 0.0311. The topological polar surface area (TPSA) is 163 Å². The lowest BCUT2D eigenvalue weighted by molar-refractivity contribution is -0.176. The van der Waals surface area contributed by atoms with Crippen molar-refractivity contribution in [3.63, 3.8) is 0 Å². The molecular weight excluding hydrogens is 632 g/mol. The van der Waals surface area contributed by atoms with Crippen molar-refractivity contribution in [2.24, 2.45) is 0 Å². The second kappa shape index (κ2) is 16.6. The van der Waals surface area contributed by atoms with Crippen LogP contribution in [0.25, 0.3) is 0 Å². The standard InChI is InChI=1S/C24H24O7.C14H10O4/c1-15(2)22(26)30-19-11-7-17(8-12-19)21(25)24(28-5,29-6)18-9-13-20(14-10-18)31-23(27)16(3)4;15-11-5-1-9(2-6-11)13(17)14(18)10-3-7-12(16)8-4-10/h7-14H,1,3H2,2,4-6H3;1-8,15-16H. The fourth-order valence-corrected chi connectivity index (χ4v) is 4.12. The number of hydrogen-bond acceptors (Lipinski definition) is 11. The van der Waals surface area contributed by atoms with Crippen LogP contribution < -0.4 is 9.47 Å². The lowest BCUT2D eigenvalue weighted by Crippen LogP contribution is -2.40. The van der Waals surface area contributed by atoms with Gasteiger partial charge in [0.05, 0.1) is 0 Å². The molecule has 0 spiro atoms. The molecule has 0 saturated carbocycles. The van der Waals surface area contributed by atoms with Crippen LogP contribution in [0.5, 0.6) is 23.0 Å². The highest BCUT2D eigenvalue weighted by atomic mass is 16.7. The van der Waals surface area contributed by atoms with Gasteiger partial charge < -0.3 is 29.2 Å². The Morgan fingerprint density at radius 2 is 0.857 bits per heavy atom. The summed E-state index contributed by atoms with van der Waals surface area (Å²) >= 11 is 0. The molecule has 4 rings (SSSR count). The molecule has 0 saturated heterocycles. The number of carbonyl (C=O) groups excluding carboxylic acids is 5. The van der Waals surface area contributed by atoms with Crippen LogP contribution in [-0.4, -0.2) is 53.7 Å². The van der Waals surface area contributed by atoms with Gasteiger partial charge in [0.1, 0.15) is 23.0 Å². The molecule has 4 aromatic carbocycles. The van der Waals surface area contributed by atoms with Gasteiger partial charge in [0.15, 0.2) is 0 Å². The fraction of sp³-hybridized carbons (Fsp3) is 0.132. The number of hydrogen-bond donors (Lipinski definition) is 2. The first-order chi connectivity index (χ1) is 23.2. The number of ether oxygens (including phenoxy) is 4. The van der Waals surface area contributed by atoms with Gasteiger partial charge in [-0.15, -0.1) is 0 Å². The molecule has 11 nitrogen and oxygen atoms in total. The van der Waals surface area contributed by atoms with E-state index in [0.717, 1.165) is 0 Å². The summed E-state index contributed by atoms with van der Waals surface area (Å²) in [6, 6.07) is 23.1. The maximum atomic E-state index is 13.3. The van der Waals surface area contributed by atoms with Crippen LogP contribution >= 0.6 is 0 Å². The number of phenols is 2. The van der Waals surface area contributed by atoms with Gasteiger partial charge in [0.2, 0.25) is 17.3 Å². The molecule has 0 aliphatic rings. The Morgan fingerprint density at radius 1 is 0.531 bits per heavy atom. The van der Waals surface area contributed by atoms with E-state index in [9.17, 15) is 24.0 Å². The van der Waals surface area contributed by atoms with E-state index in [1.54, 1.807) is 19.1 Å². The third kappa shape index (κ3) is 9.44. The monoisotopic (exact) mass is 666 g/mol. The molecule has 0 aliphatic carbocycles. The summed E-state index contributed by atoms with van der Waals surface area (Å²) in [6.45, 7) is 10.1. The van der Waals surface area contributed by atoms with Gasteiger partial charge >= 0.3 is 11.9 Å². The van der Waals surface area contributed by atoms with Crippen molar-refractivity contribution in [1.82, 2.24) is 0 Å². The first kappa shape index (κ1) is 37.3. The normalized spacial score (nSPS) is 10.5. The Hall–Kier alpha value is -6.17. The molecule has 0 bridgehead atoms. The number of phenolic OH excluding ortho intramolecular Hbond substituents is 2. The number of ketones is 3. The van der Waals surface area contributed by atoms with E-state index in [1.165, 1.54) is 106 Å². The largest absolute Gasteiger partial charge is 0.508 e. The zero-order chi connectivity index (χ0) is 36.3. The van der Waals surface area contributed by atoms with E-state index in [2.05, 4.69) is 13.2 Å². The van der Waals surface area contributed by atoms with E-state index >= 15 is 0 Å². The Balaban J connectivity index is 0.000000305.